The Balaban J connectivity index is 1.79. The van der Waals surface area contributed by atoms with Crippen molar-refractivity contribution in [3.05, 3.63) is 11.9 Å². The van der Waals surface area contributed by atoms with E-state index in [1.807, 2.05) is 11.0 Å². The van der Waals surface area contributed by atoms with E-state index in [-0.39, 0.29) is 5.91 Å². The van der Waals surface area contributed by atoms with Crippen molar-refractivity contribution < 1.29 is 4.79 Å². The number of nitrogens with one attached hydrogen (secondary N) is 1. The van der Waals surface area contributed by atoms with Gasteiger partial charge in [-0.25, -0.2) is 15.8 Å². The van der Waals surface area contributed by atoms with Gasteiger partial charge in [-0.15, -0.1) is 0 Å². The molecule has 114 valence electrons. The normalized spacial score (nSPS) is 19.3. The number of hydrogen-bond acceptors (Lipinski definition) is 6. The molecule has 0 atom stereocenters. The Morgan fingerprint density at radius 1 is 1.29 bits per heavy atom. The molecule has 0 unspecified atom stereocenters. The number of hydrogen-bond donors (Lipinski definition) is 2. The molecule has 0 bridgehead atoms. The van der Waals surface area contributed by atoms with Crippen LogP contribution in [0.1, 0.15) is 37.9 Å². The van der Waals surface area contributed by atoms with Gasteiger partial charge in [0.15, 0.2) is 0 Å². The third-order valence-corrected chi connectivity index (χ3v) is 4.09. The van der Waals surface area contributed by atoms with E-state index in [2.05, 4.69) is 15.3 Å². The van der Waals surface area contributed by atoms with Crippen molar-refractivity contribution in [3.8, 4) is 0 Å². The van der Waals surface area contributed by atoms with Gasteiger partial charge >= 0.3 is 0 Å². The molecule has 2 fully saturated rings. The molecule has 2 aliphatic rings. The number of nitrogen functional groups attached to an aromatic ring is 1. The van der Waals surface area contributed by atoms with Crippen molar-refractivity contribution in [1.29, 1.82) is 0 Å². The van der Waals surface area contributed by atoms with Gasteiger partial charge in [-0.2, -0.15) is 0 Å². The van der Waals surface area contributed by atoms with Gasteiger partial charge in [0.1, 0.15) is 17.5 Å². The van der Waals surface area contributed by atoms with Crippen molar-refractivity contribution in [1.82, 2.24) is 14.9 Å². The van der Waals surface area contributed by atoms with Crippen LogP contribution in [0.2, 0.25) is 0 Å². The predicted molar refractivity (Wildman–Crippen MR) is 80.9 cm³/mol. The Morgan fingerprint density at radius 3 is 2.76 bits per heavy atom. The number of nitrogens with two attached hydrogens (primary N) is 1. The van der Waals surface area contributed by atoms with E-state index in [0.29, 0.717) is 11.7 Å². The van der Waals surface area contributed by atoms with Gasteiger partial charge in [-0.1, -0.05) is 0 Å². The monoisotopic (exact) mass is 290 g/mol. The fourth-order valence-electron chi connectivity index (χ4n) is 2.67. The van der Waals surface area contributed by atoms with Crippen LogP contribution in [0.15, 0.2) is 6.07 Å². The number of amides is 1. The SMILES string of the molecule is CC(=O)N1CCCN(c2cc(NN)nc(C3CC3)n2)CC1. The van der Waals surface area contributed by atoms with Crippen LogP contribution in [-0.2, 0) is 4.79 Å². The summed E-state index contributed by atoms with van der Waals surface area (Å²) in [6.07, 6.45) is 3.27. The molecule has 1 aromatic heterocycles. The lowest BCUT2D eigenvalue weighted by atomic mass is 10.3. The first-order valence-electron chi connectivity index (χ1n) is 7.53. The Hall–Kier alpha value is -1.89. The lowest BCUT2D eigenvalue weighted by Gasteiger charge is -2.23. The van der Waals surface area contributed by atoms with Crippen molar-refractivity contribution >= 4 is 17.5 Å². The molecule has 0 aromatic carbocycles. The number of nitrogens with zero attached hydrogens (tertiary/aromatic N) is 4. The van der Waals surface area contributed by atoms with Gasteiger partial charge in [0.05, 0.1) is 0 Å². The average Bonchev–Trinajstić information content (AvgIpc) is 3.32. The van der Waals surface area contributed by atoms with E-state index in [1.54, 1.807) is 6.92 Å². The van der Waals surface area contributed by atoms with E-state index in [0.717, 1.165) is 57.1 Å². The van der Waals surface area contributed by atoms with Crippen LogP contribution in [0.5, 0.6) is 0 Å². The molecular formula is C14H22N6O. The minimum Gasteiger partial charge on any atom is -0.355 e. The van der Waals surface area contributed by atoms with Crippen molar-refractivity contribution in [3.63, 3.8) is 0 Å². The molecule has 0 radical (unpaired) electrons. The number of anilines is 2. The Kier molecular flexibility index (Phi) is 3.92. The fourth-order valence-corrected chi connectivity index (χ4v) is 2.67. The molecule has 1 aliphatic carbocycles. The van der Waals surface area contributed by atoms with E-state index in [1.165, 1.54) is 0 Å². The van der Waals surface area contributed by atoms with Gasteiger partial charge in [0.2, 0.25) is 5.91 Å². The summed E-state index contributed by atoms with van der Waals surface area (Å²) in [5.41, 5.74) is 2.63. The third-order valence-electron chi connectivity index (χ3n) is 4.09. The van der Waals surface area contributed by atoms with Gasteiger partial charge in [0, 0.05) is 45.1 Å². The maximum atomic E-state index is 11.5. The topological polar surface area (TPSA) is 87.4 Å². The second kappa shape index (κ2) is 5.85. The lowest BCUT2D eigenvalue weighted by molar-refractivity contribution is -0.128. The zero-order chi connectivity index (χ0) is 14.8. The minimum atomic E-state index is 0.141. The van der Waals surface area contributed by atoms with Gasteiger partial charge in [-0.3, -0.25) is 4.79 Å². The van der Waals surface area contributed by atoms with Crippen LogP contribution in [0, 0.1) is 0 Å². The summed E-state index contributed by atoms with van der Waals surface area (Å²) in [7, 11) is 0. The molecule has 1 aromatic rings. The standard InChI is InChI=1S/C14H22N6O/c1-10(21)19-5-2-6-20(8-7-19)13-9-12(18-15)16-14(17-13)11-3-4-11/h9,11H,2-8,15H2,1H3,(H,16,17,18). The van der Waals surface area contributed by atoms with Crippen molar-refractivity contribution in [2.75, 3.05) is 36.5 Å². The van der Waals surface area contributed by atoms with Crippen LogP contribution in [0.4, 0.5) is 11.6 Å². The summed E-state index contributed by atoms with van der Waals surface area (Å²) in [6.45, 7) is 4.87. The van der Waals surface area contributed by atoms with Gasteiger partial charge in [-0.05, 0) is 19.3 Å². The Bertz CT molecular complexity index is 530. The van der Waals surface area contributed by atoms with Gasteiger partial charge in [0.25, 0.3) is 0 Å². The lowest BCUT2D eigenvalue weighted by Crippen LogP contribution is -2.34. The molecule has 1 aliphatic heterocycles. The first kappa shape index (κ1) is 14.1. The van der Waals surface area contributed by atoms with Crippen LogP contribution in [0.3, 0.4) is 0 Å². The molecule has 1 saturated heterocycles. The van der Waals surface area contributed by atoms with Crippen LogP contribution in [0.25, 0.3) is 0 Å². The highest BCUT2D eigenvalue weighted by Gasteiger charge is 2.28. The minimum absolute atomic E-state index is 0.141. The van der Waals surface area contributed by atoms with E-state index >= 15 is 0 Å². The highest BCUT2D eigenvalue weighted by Crippen LogP contribution is 2.39. The van der Waals surface area contributed by atoms with E-state index < -0.39 is 0 Å². The summed E-state index contributed by atoms with van der Waals surface area (Å²) in [6, 6.07) is 1.88. The van der Waals surface area contributed by atoms with Crippen LogP contribution < -0.4 is 16.2 Å². The molecule has 1 saturated carbocycles. The molecule has 3 N–H and O–H groups in total. The second-order valence-electron chi connectivity index (χ2n) is 5.73. The van der Waals surface area contributed by atoms with Gasteiger partial charge < -0.3 is 15.2 Å². The summed E-state index contributed by atoms with van der Waals surface area (Å²) < 4.78 is 0. The molecule has 7 nitrogen and oxygen atoms in total. The smallest absolute Gasteiger partial charge is 0.219 e. The summed E-state index contributed by atoms with van der Waals surface area (Å²) in [5, 5.41) is 0. The Labute approximate surface area is 124 Å². The van der Waals surface area contributed by atoms with Crippen LogP contribution in [-0.4, -0.2) is 47.0 Å². The molecule has 21 heavy (non-hydrogen) atoms. The molecular weight excluding hydrogens is 268 g/mol. The number of carbonyl (C=O) groups is 1. The molecule has 0 spiro atoms. The first-order valence-corrected chi connectivity index (χ1v) is 7.53. The quantitative estimate of drug-likeness (QED) is 0.629. The number of rotatable bonds is 3. The number of aromatic nitrogens is 2. The van der Waals surface area contributed by atoms with E-state index in [4.69, 9.17) is 10.8 Å². The zero-order valence-electron chi connectivity index (χ0n) is 12.4. The predicted octanol–water partition coefficient (Wildman–Crippen LogP) is 0.698. The highest BCUT2D eigenvalue weighted by atomic mass is 16.2. The fraction of sp³-hybridized carbons (Fsp3) is 0.643. The summed E-state index contributed by atoms with van der Waals surface area (Å²) >= 11 is 0. The largest absolute Gasteiger partial charge is 0.355 e. The zero-order valence-corrected chi connectivity index (χ0v) is 12.4. The average molecular weight is 290 g/mol. The summed E-state index contributed by atoms with van der Waals surface area (Å²) in [5.74, 6) is 8.60. The molecule has 1 amide bonds. The second-order valence-corrected chi connectivity index (χ2v) is 5.73. The van der Waals surface area contributed by atoms with Crippen molar-refractivity contribution in [2.45, 2.75) is 32.1 Å². The van der Waals surface area contributed by atoms with Crippen LogP contribution >= 0.6 is 0 Å². The Morgan fingerprint density at radius 2 is 2.10 bits per heavy atom. The summed E-state index contributed by atoms with van der Waals surface area (Å²) in [4.78, 5) is 24.7. The molecule has 2 heterocycles. The molecule has 3 rings (SSSR count). The molecule has 7 heteroatoms. The van der Waals surface area contributed by atoms with E-state index in [9.17, 15) is 4.79 Å². The van der Waals surface area contributed by atoms with Crippen molar-refractivity contribution in [2.24, 2.45) is 5.84 Å². The first-order chi connectivity index (χ1) is 10.2. The number of hydrazine groups is 1. The maximum absolute atomic E-state index is 11.5. The third kappa shape index (κ3) is 3.24. The maximum Gasteiger partial charge on any atom is 0.219 e. The highest BCUT2D eigenvalue weighted by molar-refractivity contribution is 5.73. The number of carbonyl (C=O) groups excluding carboxylic acids is 1.